The average molecular weight is 257 g/mol. The first-order chi connectivity index (χ1) is 9.27. The van der Waals surface area contributed by atoms with Crippen LogP contribution in [0.2, 0.25) is 0 Å². The summed E-state index contributed by atoms with van der Waals surface area (Å²) in [5.74, 6) is 0.307. The third-order valence-corrected chi connectivity index (χ3v) is 4.67. The van der Waals surface area contributed by atoms with Gasteiger partial charge in [-0.3, -0.25) is 0 Å². The smallest absolute Gasteiger partial charge is 0.235 e. The van der Waals surface area contributed by atoms with Gasteiger partial charge in [0.05, 0.1) is 0 Å². The zero-order chi connectivity index (χ0) is 13.3. The first kappa shape index (κ1) is 12.4. The summed E-state index contributed by atoms with van der Waals surface area (Å²) in [4.78, 5) is 15.0. The standard InChI is InChI=1S/C16H19NO2/c18-11-17-16(9-3-4-10-16)15-13-6-2-1-5-12(13)7-8-14(15)19/h7-8,19H,1-6,9-10H2. The molecule has 0 spiro atoms. The molecular weight excluding hydrogens is 238 g/mol. The van der Waals surface area contributed by atoms with E-state index in [4.69, 9.17) is 0 Å². The number of aliphatic imine (C=N–C) groups is 1. The summed E-state index contributed by atoms with van der Waals surface area (Å²) in [5, 5.41) is 10.3. The highest BCUT2D eigenvalue weighted by Crippen LogP contribution is 2.48. The van der Waals surface area contributed by atoms with E-state index in [1.807, 2.05) is 6.07 Å². The van der Waals surface area contributed by atoms with E-state index in [-0.39, 0.29) is 0 Å². The zero-order valence-corrected chi connectivity index (χ0v) is 11.1. The second-order valence-electron chi connectivity index (χ2n) is 5.75. The minimum Gasteiger partial charge on any atom is -0.508 e. The number of carbonyl (C=O) groups excluding carboxylic acids is 1. The summed E-state index contributed by atoms with van der Waals surface area (Å²) < 4.78 is 0. The maximum Gasteiger partial charge on any atom is 0.235 e. The number of isocyanates is 1. The van der Waals surface area contributed by atoms with Gasteiger partial charge in [0.1, 0.15) is 11.3 Å². The lowest BCUT2D eigenvalue weighted by atomic mass is 9.78. The lowest BCUT2D eigenvalue weighted by molar-refractivity contribution is 0.402. The molecule has 0 radical (unpaired) electrons. The van der Waals surface area contributed by atoms with Gasteiger partial charge >= 0.3 is 0 Å². The Labute approximate surface area is 113 Å². The lowest BCUT2D eigenvalue weighted by Crippen LogP contribution is -2.23. The molecule has 1 aromatic carbocycles. The molecule has 0 unspecified atom stereocenters. The zero-order valence-electron chi connectivity index (χ0n) is 11.1. The molecule has 3 heteroatoms. The summed E-state index contributed by atoms with van der Waals surface area (Å²) in [5.41, 5.74) is 2.98. The summed E-state index contributed by atoms with van der Waals surface area (Å²) in [6.07, 6.45) is 10.0. The van der Waals surface area contributed by atoms with Crippen LogP contribution in [-0.2, 0) is 23.2 Å². The SMILES string of the molecule is O=C=NC1(c2c(O)ccc3c2CCCC3)CCCC1. The largest absolute Gasteiger partial charge is 0.508 e. The highest BCUT2D eigenvalue weighted by atomic mass is 16.3. The number of aromatic hydroxyl groups is 1. The van der Waals surface area contributed by atoms with Crippen molar-refractivity contribution in [2.24, 2.45) is 4.99 Å². The topological polar surface area (TPSA) is 49.7 Å². The lowest BCUT2D eigenvalue weighted by Gasteiger charge is -2.30. The van der Waals surface area contributed by atoms with Crippen molar-refractivity contribution in [1.29, 1.82) is 0 Å². The Morgan fingerprint density at radius 2 is 1.84 bits per heavy atom. The predicted octanol–water partition coefficient (Wildman–Crippen LogP) is 3.38. The first-order valence-corrected chi connectivity index (χ1v) is 7.20. The molecule has 19 heavy (non-hydrogen) atoms. The Hall–Kier alpha value is -1.60. The van der Waals surface area contributed by atoms with Crippen molar-refractivity contribution in [3.05, 3.63) is 28.8 Å². The average Bonchev–Trinajstić information content (AvgIpc) is 2.88. The Morgan fingerprint density at radius 1 is 1.11 bits per heavy atom. The van der Waals surface area contributed by atoms with Crippen molar-refractivity contribution in [3.8, 4) is 5.75 Å². The van der Waals surface area contributed by atoms with Gasteiger partial charge in [-0.25, -0.2) is 4.79 Å². The molecule has 0 aliphatic heterocycles. The Balaban J connectivity index is 2.20. The summed E-state index contributed by atoms with van der Waals surface area (Å²) in [6, 6.07) is 3.81. The molecule has 1 aromatic rings. The second kappa shape index (κ2) is 4.82. The van der Waals surface area contributed by atoms with Crippen molar-refractivity contribution in [2.45, 2.75) is 56.9 Å². The Morgan fingerprint density at radius 3 is 2.58 bits per heavy atom. The number of rotatable bonds is 2. The van der Waals surface area contributed by atoms with Gasteiger partial charge in [-0.05, 0) is 55.7 Å². The molecule has 1 N–H and O–H groups in total. The van der Waals surface area contributed by atoms with E-state index in [0.717, 1.165) is 50.5 Å². The normalized spacial score (nSPS) is 20.6. The van der Waals surface area contributed by atoms with Gasteiger partial charge in [0, 0.05) is 5.56 Å². The van der Waals surface area contributed by atoms with E-state index in [1.54, 1.807) is 12.1 Å². The van der Waals surface area contributed by atoms with Crippen LogP contribution in [0.3, 0.4) is 0 Å². The van der Waals surface area contributed by atoms with E-state index in [2.05, 4.69) is 4.99 Å². The molecule has 100 valence electrons. The number of hydrogen-bond acceptors (Lipinski definition) is 3. The molecule has 0 saturated heterocycles. The first-order valence-electron chi connectivity index (χ1n) is 7.20. The fourth-order valence-corrected chi connectivity index (χ4v) is 3.80. The minimum absolute atomic E-state index is 0.307. The third kappa shape index (κ3) is 1.98. The summed E-state index contributed by atoms with van der Waals surface area (Å²) in [7, 11) is 0. The van der Waals surface area contributed by atoms with Gasteiger partial charge in [0.2, 0.25) is 6.08 Å². The summed E-state index contributed by atoms with van der Waals surface area (Å²) >= 11 is 0. The van der Waals surface area contributed by atoms with E-state index >= 15 is 0 Å². The molecular formula is C16H19NO2. The molecule has 0 amide bonds. The van der Waals surface area contributed by atoms with Crippen LogP contribution in [0.5, 0.6) is 5.75 Å². The quantitative estimate of drug-likeness (QED) is 0.652. The molecule has 0 heterocycles. The number of fused-ring (bicyclic) bond motifs is 1. The van der Waals surface area contributed by atoms with Gasteiger partial charge in [0.25, 0.3) is 0 Å². The third-order valence-electron chi connectivity index (χ3n) is 4.67. The van der Waals surface area contributed by atoms with E-state index in [1.165, 1.54) is 17.5 Å². The van der Waals surface area contributed by atoms with Gasteiger partial charge in [-0.15, -0.1) is 0 Å². The maximum absolute atomic E-state index is 10.8. The number of aryl methyl sites for hydroxylation is 1. The Kier molecular flexibility index (Phi) is 3.16. The van der Waals surface area contributed by atoms with Crippen LogP contribution >= 0.6 is 0 Å². The monoisotopic (exact) mass is 257 g/mol. The molecule has 0 aromatic heterocycles. The molecule has 2 aliphatic carbocycles. The van der Waals surface area contributed by atoms with Crippen LogP contribution in [0.15, 0.2) is 17.1 Å². The molecule has 3 nitrogen and oxygen atoms in total. The molecule has 2 aliphatic rings. The predicted molar refractivity (Wildman–Crippen MR) is 73.0 cm³/mol. The minimum atomic E-state index is -0.505. The van der Waals surface area contributed by atoms with E-state index in [0.29, 0.717) is 5.75 Å². The van der Waals surface area contributed by atoms with Gasteiger partial charge in [0.15, 0.2) is 0 Å². The molecule has 0 atom stereocenters. The van der Waals surface area contributed by atoms with Gasteiger partial charge in [-0.2, -0.15) is 4.99 Å². The number of phenolic OH excluding ortho intramolecular Hbond substituents is 1. The van der Waals surface area contributed by atoms with Crippen molar-refractivity contribution in [1.82, 2.24) is 0 Å². The number of phenols is 1. The van der Waals surface area contributed by atoms with Gasteiger partial charge < -0.3 is 5.11 Å². The van der Waals surface area contributed by atoms with E-state index < -0.39 is 5.54 Å². The highest BCUT2D eigenvalue weighted by molar-refractivity contribution is 5.52. The van der Waals surface area contributed by atoms with Gasteiger partial charge in [-0.1, -0.05) is 18.9 Å². The van der Waals surface area contributed by atoms with Crippen molar-refractivity contribution >= 4 is 6.08 Å². The summed E-state index contributed by atoms with van der Waals surface area (Å²) in [6.45, 7) is 0. The van der Waals surface area contributed by atoms with Crippen LogP contribution in [0, 0.1) is 0 Å². The van der Waals surface area contributed by atoms with Crippen LogP contribution in [-0.4, -0.2) is 11.2 Å². The Bertz CT molecular complexity index is 538. The fourth-order valence-electron chi connectivity index (χ4n) is 3.80. The number of benzene rings is 1. The van der Waals surface area contributed by atoms with Crippen LogP contribution in [0.4, 0.5) is 0 Å². The number of hydrogen-bond donors (Lipinski definition) is 1. The van der Waals surface area contributed by atoms with Crippen molar-refractivity contribution in [2.75, 3.05) is 0 Å². The molecule has 3 rings (SSSR count). The van der Waals surface area contributed by atoms with Crippen LogP contribution in [0.25, 0.3) is 0 Å². The fraction of sp³-hybridized carbons (Fsp3) is 0.562. The van der Waals surface area contributed by atoms with Crippen LogP contribution in [0.1, 0.15) is 55.2 Å². The second-order valence-corrected chi connectivity index (χ2v) is 5.75. The van der Waals surface area contributed by atoms with Crippen LogP contribution < -0.4 is 0 Å². The highest BCUT2D eigenvalue weighted by Gasteiger charge is 2.40. The van der Waals surface area contributed by atoms with E-state index in [9.17, 15) is 9.90 Å². The molecule has 1 saturated carbocycles. The molecule has 0 bridgehead atoms. The number of nitrogens with zero attached hydrogens (tertiary/aromatic N) is 1. The maximum atomic E-state index is 10.8. The van der Waals surface area contributed by atoms with Crippen molar-refractivity contribution < 1.29 is 9.90 Å². The molecule has 1 fully saturated rings. The van der Waals surface area contributed by atoms with Crippen molar-refractivity contribution in [3.63, 3.8) is 0 Å².